The van der Waals surface area contributed by atoms with E-state index in [0.29, 0.717) is 28.3 Å². The van der Waals surface area contributed by atoms with Crippen molar-refractivity contribution in [1.29, 1.82) is 0 Å². The van der Waals surface area contributed by atoms with Crippen molar-refractivity contribution in [2.45, 2.75) is 45.6 Å². The predicted octanol–water partition coefficient (Wildman–Crippen LogP) is 4.04. The SMILES string of the molecule is CCCOC(=O)c1c(NC(=O)c2ccn(C(F)F)n2)sc2c1CCCC2. The molecule has 0 unspecified atom stereocenters. The number of hydrogen-bond donors (Lipinski definition) is 1. The number of rotatable bonds is 6. The number of carbonyl (C=O) groups is 2. The summed E-state index contributed by atoms with van der Waals surface area (Å²) in [4.78, 5) is 25.9. The molecule has 0 saturated heterocycles. The van der Waals surface area contributed by atoms with Crippen molar-refractivity contribution >= 4 is 28.2 Å². The highest BCUT2D eigenvalue weighted by molar-refractivity contribution is 7.17. The van der Waals surface area contributed by atoms with Gasteiger partial charge in [0, 0.05) is 11.1 Å². The van der Waals surface area contributed by atoms with Gasteiger partial charge in [-0.25, -0.2) is 9.48 Å². The highest BCUT2D eigenvalue weighted by atomic mass is 32.1. The number of aromatic nitrogens is 2. The maximum absolute atomic E-state index is 12.6. The second kappa shape index (κ2) is 7.94. The van der Waals surface area contributed by atoms with Crippen molar-refractivity contribution in [1.82, 2.24) is 9.78 Å². The molecule has 2 heterocycles. The van der Waals surface area contributed by atoms with Crippen LogP contribution >= 0.6 is 11.3 Å². The Morgan fingerprint density at radius 3 is 2.85 bits per heavy atom. The van der Waals surface area contributed by atoms with E-state index >= 15 is 0 Å². The van der Waals surface area contributed by atoms with Gasteiger partial charge in [-0.15, -0.1) is 11.3 Å². The number of fused-ring (bicyclic) bond motifs is 1. The van der Waals surface area contributed by atoms with Crippen molar-refractivity contribution in [3.8, 4) is 0 Å². The Morgan fingerprint density at radius 2 is 2.15 bits per heavy atom. The van der Waals surface area contributed by atoms with Gasteiger partial charge in [0.2, 0.25) is 0 Å². The molecule has 2 aromatic heterocycles. The molecule has 0 fully saturated rings. The van der Waals surface area contributed by atoms with E-state index in [4.69, 9.17) is 4.74 Å². The molecule has 140 valence electrons. The summed E-state index contributed by atoms with van der Waals surface area (Å²) in [6.45, 7) is -0.612. The number of nitrogens with zero attached hydrogens (tertiary/aromatic N) is 2. The molecule has 3 rings (SSSR count). The van der Waals surface area contributed by atoms with E-state index in [9.17, 15) is 18.4 Å². The minimum atomic E-state index is -2.81. The number of ether oxygens (including phenoxy) is 1. The maximum Gasteiger partial charge on any atom is 0.341 e. The molecule has 0 saturated carbocycles. The fourth-order valence-corrected chi connectivity index (χ4v) is 4.14. The standard InChI is InChI=1S/C17H19F2N3O3S/c1-2-9-25-16(24)13-10-5-3-4-6-12(10)26-15(13)20-14(23)11-7-8-22(21-11)17(18)19/h7-8,17H,2-6,9H2,1H3,(H,20,23). The molecule has 1 N–H and O–H groups in total. The number of esters is 1. The van der Waals surface area contributed by atoms with Crippen LogP contribution in [0.5, 0.6) is 0 Å². The molecule has 6 nitrogen and oxygen atoms in total. The fourth-order valence-electron chi connectivity index (χ4n) is 2.87. The topological polar surface area (TPSA) is 73.2 Å². The summed E-state index contributed by atoms with van der Waals surface area (Å²) in [7, 11) is 0. The molecular weight excluding hydrogens is 364 g/mol. The number of nitrogens with one attached hydrogen (secondary N) is 1. The second-order valence-electron chi connectivity index (χ2n) is 5.96. The predicted molar refractivity (Wildman–Crippen MR) is 93.0 cm³/mol. The van der Waals surface area contributed by atoms with Crippen LogP contribution in [0.4, 0.5) is 13.8 Å². The number of alkyl halides is 2. The lowest BCUT2D eigenvalue weighted by Crippen LogP contribution is -2.17. The summed E-state index contributed by atoms with van der Waals surface area (Å²) in [5, 5.41) is 6.60. The second-order valence-corrected chi connectivity index (χ2v) is 7.07. The normalized spacial score (nSPS) is 13.5. The Hall–Kier alpha value is -2.29. The first-order valence-corrected chi connectivity index (χ1v) is 9.29. The zero-order valence-electron chi connectivity index (χ0n) is 14.3. The number of thiophene rings is 1. The van der Waals surface area contributed by atoms with Crippen LogP contribution in [0.15, 0.2) is 12.3 Å². The molecule has 0 bridgehead atoms. The average molecular weight is 383 g/mol. The van der Waals surface area contributed by atoms with Crippen molar-refractivity contribution in [3.63, 3.8) is 0 Å². The van der Waals surface area contributed by atoms with Gasteiger partial charge < -0.3 is 10.1 Å². The van der Waals surface area contributed by atoms with Crippen LogP contribution in [0, 0.1) is 0 Å². The summed E-state index contributed by atoms with van der Waals surface area (Å²) in [6, 6.07) is 1.21. The highest BCUT2D eigenvalue weighted by Gasteiger charge is 2.28. The quantitative estimate of drug-likeness (QED) is 0.764. The molecule has 1 aliphatic rings. The minimum Gasteiger partial charge on any atom is -0.462 e. The van der Waals surface area contributed by atoms with E-state index in [1.165, 1.54) is 17.4 Å². The summed E-state index contributed by atoms with van der Waals surface area (Å²) >= 11 is 1.34. The number of aryl methyl sites for hydroxylation is 1. The van der Waals surface area contributed by atoms with E-state index in [1.54, 1.807) is 0 Å². The smallest absolute Gasteiger partial charge is 0.341 e. The third-order valence-corrected chi connectivity index (χ3v) is 5.29. The van der Waals surface area contributed by atoms with Gasteiger partial charge in [0.15, 0.2) is 5.69 Å². The Kier molecular flexibility index (Phi) is 5.65. The van der Waals surface area contributed by atoms with Crippen LogP contribution < -0.4 is 5.32 Å². The van der Waals surface area contributed by atoms with Crippen molar-refractivity contribution in [3.05, 3.63) is 34.0 Å². The monoisotopic (exact) mass is 383 g/mol. The number of amides is 1. The molecule has 2 aromatic rings. The van der Waals surface area contributed by atoms with Gasteiger partial charge in [-0.2, -0.15) is 13.9 Å². The number of anilines is 1. The summed E-state index contributed by atoms with van der Waals surface area (Å²) in [5.41, 5.74) is 1.18. The van der Waals surface area contributed by atoms with Crippen LogP contribution in [-0.4, -0.2) is 28.3 Å². The molecule has 0 aliphatic heterocycles. The Morgan fingerprint density at radius 1 is 1.38 bits per heavy atom. The first-order valence-electron chi connectivity index (χ1n) is 8.47. The van der Waals surface area contributed by atoms with Crippen molar-refractivity contribution in [2.24, 2.45) is 0 Å². The summed E-state index contributed by atoms with van der Waals surface area (Å²) in [5.74, 6) is -1.09. The third-order valence-electron chi connectivity index (χ3n) is 4.08. The first kappa shape index (κ1) is 18.5. The first-order chi connectivity index (χ1) is 12.5. The zero-order chi connectivity index (χ0) is 18.7. The lowest BCUT2D eigenvalue weighted by Gasteiger charge is -2.12. The molecule has 1 aliphatic carbocycles. The van der Waals surface area contributed by atoms with Gasteiger partial charge in [0.1, 0.15) is 5.00 Å². The van der Waals surface area contributed by atoms with E-state index in [1.807, 2.05) is 6.92 Å². The molecule has 0 atom stereocenters. The van der Waals surface area contributed by atoms with Crippen molar-refractivity contribution < 1.29 is 23.1 Å². The van der Waals surface area contributed by atoms with Gasteiger partial charge in [0.05, 0.1) is 12.2 Å². The molecule has 0 spiro atoms. The Bertz CT molecular complexity index is 816. The van der Waals surface area contributed by atoms with Crippen LogP contribution in [0.25, 0.3) is 0 Å². The van der Waals surface area contributed by atoms with Crippen LogP contribution in [0.3, 0.4) is 0 Å². The van der Waals surface area contributed by atoms with Crippen LogP contribution in [-0.2, 0) is 17.6 Å². The third kappa shape index (κ3) is 3.77. The largest absolute Gasteiger partial charge is 0.462 e. The van der Waals surface area contributed by atoms with Crippen molar-refractivity contribution in [2.75, 3.05) is 11.9 Å². The van der Waals surface area contributed by atoms with Gasteiger partial charge in [-0.05, 0) is 43.7 Å². The number of halogens is 2. The van der Waals surface area contributed by atoms with Gasteiger partial charge in [0.25, 0.3) is 5.91 Å². The van der Waals surface area contributed by atoms with Crippen LogP contribution in [0.2, 0.25) is 0 Å². The van der Waals surface area contributed by atoms with E-state index in [-0.39, 0.29) is 5.69 Å². The van der Waals surface area contributed by atoms with E-state index in [2.05, 4.69) is 10.4 Å². The van der Waals surface area contributed by atoms with Gasteiger partial charge in [-0.3, -0.25) is 4.79 Å². The molecule has 0 aromatic carbocycles. The highest BCUT2D eigenvalue weighted by Crippen LogP contribution is 2.38. The number of carbonyl (C=O) groups excluding carboxylic acids is 2. The van der Waals surface area contributed by atoms with Crippen LogP contribution in [0.1, 0.15) is 64.0 Å². The van der Waals surface area contributed by atoms with E-state index < -0.39 is 18.4 Å². The van der Waals surface area contributed by atoms with Gasteiger partial charge in [-0.1, -0.05) is 6.92 Å². The average Bonchev–Trinajstić information content (AvgIpc) is 3.24. The maximum atomic E-state index is 12.6. The molecule has 9 heteroatoms. The Balaban J connectivity index is 1.87. The fraction of sp³-hybridized carbons (Fsp3) is 0.471. The summed E-state index contributed by atoms with van der Waals surface area (Å²) < 4.78 is 30.9. The summed E-state index contributed by atoms with van der Waals surface area (Å²) in [6.07, 6.45) is 5.36. The van der Waals surface area contributed by atoms with Gasteiger partial charge >= 0.3 is 12.5 Å². The molecule has 0 radical (unpaired) electrons. The number of hydrogen-bond acceptors (Lipinski definition) is 5. The molecule has 1 amide bonds. The lowest BCUT2D eigenvalue weighted by molar-refractivity contribution is 0.0505. The zero-order valence-corrected chi connectivity index (χ0v) is 15.1. The molecular formula is C17H19F2N3O3S. The molecule has 26 heavy (non-hydrogen) atoms. The minimum absolute atomic E-state index is 0.135. The van der Waals surface area contributed by atoms with E-state index in [0.717, 1.165) is 42.3 Å². The lowest BCUT2D eigenvalue weighted by atomic mass is 9.95. The Labute approximate surface area is 153 Å².